The lowest BCUT2D eigenvalue weighted by atomic mass is 9.87. The lowest BCUT2D eigenvalue weighted by molar-refractivity contribution is -0.118. The van der Waals surface area contributed by atoms with E-state index in [9.17, 15) is 13.2 Å². The molecule has 0 unspecified atom stereocenters. The Morgan fingerprint density at radius 2 is 1.67 bits per heavy atom. The Bertz CT molecular complexity index is 1630. The number of likely N-dealkylation sites (N-methyl/N-ethyl adjacent to an activating group) is 1. The van der Waals surface area contributed by atoms with Gasteiger partial charge in [-0.15, -0.1) is 0 Å². The predicted molar refractivity (Wildman–Crippen MR) is 167 cm³/mol. The van der Waals surface area contributed by atoms with E-state index in [1.165, 1.54) is 29.7 Å². The second kappa shape index (κ2) is 12.6. The average molecular weight is 604 g/mol. The molecule has 2 aliphatic rings. The van der Waals surface area contributed by atoms with Crippen molar-refractivity contribution in [1.29, 1.82) is 0 Å². The molecule has 1 atom stereocenters. The van der Waals surface area contributed by atoms with Gasteiger partial charge in [-0.25, -0.2) is 18.4 Å². The molecule has 10 heteroatoms. The van der Waals surface area contributed by atoms with Crippen LogP contribution in [0.1, 0.15) is 54.8 Å². The van der Waals surface area contributed by atoms with E-state index < -0.39 is 10.0 Å². The standard InChI is InChI=1S/C32H37N5O3S2/c1-36-17-19-37(20-18-36)42(39,40)27-14-11-25(12-15-27)28(22-24-9-5-6-10-24)30(38)35-32-34-29-16-13-26(33-31(29)41-32)21-23-7-3-2-4-8-23/h2-4,7-8,11-16,24,28H,5-6,9-10,17-22H2,1H3,(H,34,35,38)/t28-/m1/s1. The third-order valence-electron chi connectivity index (χ3n) is 8.51. The second-order valence-electron chi connectivity index (χ2n) is 11.5. The molecular weight excluding hydrogens is 567 g/mol. The minimum atomic E-state index is -3.57. The fourth-order valence-electron chi connectivity index (χ4n) is 6.03. The number of anilines is 1. The fraction of sp³-hybridized carbons (Fsp3) is 0.406. The summed E-state index contributed by atoms with van der Waals surface area (Å²) in [5.41, 5.74) is 3.75. The average Bonchev–Trinajstić information content (AvgIpc) is 3.66. The normalized spacial score (nSPS) is 17.9. The second-order valence-corrected chi connectivity index (χ2v) is 14.4. The highest BCUT2D eigenvalue weighted by Gasteiger charge is 2.30. The van der Waals surface area contributed by atoms with Gasteiger partial charge in [0.1, 0.15) is 10.3 Å². The number of rotatable bonds is 9. The zero-order valence-corrected chi connectivity index (χ0v) is 25.5. The first-order chi connectivity index (χ1) is 20.3. The van der Waals surface area contributed by atoms with Gasteiger partial charge in [0.05, 0.1) is 10.8 Å². The van der Waals surface area contributed by atoms with Crippen molar-refractivity contribution < 1.29 is 13.2 Å². The molecule has 0 spiro atoms. The zero-order chi connectivity index (χ0) is 29.1. The molecule has 1 N–H and O–H groups in total. The Morgan fingerprint density at radius 3 is 2.38 bits per heavy atom. The van der Waals surface area contributed by atoms with Crippen molar-refractivity contribution in [2.24, 2.45) is 5.92 Å². The van der Waals surface area contributed by atoms with Crippen LogP contribution in [0, 0.1) is 5.92 Å². The number of pyridine rings is 1. The number of thiazole rings is 1. The number of sulfonamides is 1. The van der Waals surface area contributed by atoms with Crippen LogP contribution in [-0.2, 0) is 21.2 Å². The highest BCUT2D eigenvalue weighted by molar-refractivity contribution is 7.89. The number of carbonyl (C=O) groups is 1. The lowest BCUT2D eigenvalue weighted by Gasteiger charge is -2.31. The summed E-state index contributed by atoms with van der Waals surface area (Å²) in [5.74, 6) is -0.0191. The fourth-order valence-corrected chi connectivity index (χ4v) is 8.31. The van der Waals surface area contributed by atoms with Crippen molar-refractivity contribution >= 4 is 42.7 Å². The molecule has 1 amide bonds. The van der Waals surface area contributed by atoms with E-state index in [0.717, 1.165) is 60.4 Å². The maximum Gasteiger partial charge on any atom is 0.243 e. The van der Waals surface area contributed by atoms with Crippen LogP contribution in [-0.4, -0.2) is 66.7 Å². The summed E-state index contributed by atoms with van der Waals surface area (Å²) in [4.78, 5) is 26.4. The van der Waals surface area contributed by atoms with E-state index in [-0.39, 0.29) is 16.7 Å². The van der Waals surface area contributed by atoms with Crippen LogP contribution in [0.15, 0.2) is 71.6 Å². The van der Waals surface area contributed by atoms with Crippen molar-refractivity contribution in [3.63, 3.8) is 0 Å². The highest BCUT2D eigenvalue weighted by Crippen LogP contribution is 2.36. The number of hydrogen-bond acceptors (Lipinski definition) is 7. The molecule has 2 fully saturated rings. The Hall–Kier alpha value is -3.18. The molecule has 3 heterocycles. The highest BCUT2D eigenvalue weighted by atomic mass is 32.2. The molecule has 2 aromatic heterocycles. The molecule has 2 aromatic carbocycles. The van der Waals surface area contributed by atoms with Gasteiger partial charge in [-0.1, -0.05) is 79.5 Å². The van der Waals surface area contributed by atoms with Gasteiger partial charge >= 0.3 is 0 Å². The predicted octanol–water partition coefficient (Wildman–Crippen LogP) is 5.52. The summed E-state index contributed by atoms with van der Waals surface area (Å²) >= 11 is 1.38. The van der Waals surface area contributed by atoms with E-state index in [1.54, 1.807) is 16.4 Å². The van der Waals surface area contributed by atoms with E-state index in [2.05, 4.69) is 27.3 Å². The minimum Gasteiger partial charge on any atom is -0.304 e. The van der Waals surface area contributed by atoms with Crippen LogP contribution in [0.25, 0.3) is 10.3 Å². The summed E-state index contributed by atoms with van der Waals surface area (Å²) in [7, 11) is -1.56. The molecule has 4 aromatic rings. The van der Waals surface area contributed by atoms with Crippen LogP contribution in [0.2, 0.25) is 0 Å². The summed E-state index contributed by atoms with van der Waals surface area (Å²) in [5, 5.41) is 3.60. The maximum atomic E-state index is 13.7. The van der Waals surface area contributed by atoms with Gasteiger partial charge < -0.3 is 10.2 Å². The largest absolute Gasteiger partial charge is 0.304 e. The van der Waals surface area contributed by atoms with Crippen molar-refractivity contribution in [3.05, 3.63) is 83.6 Å². The first kappa shape index (κ1) is 28.9. The summed E-state index contributed by atoms with van der Waals surface area (Å²) in [6, 6.07) is 21.1. The molecule has 1 saturated heterocycles. The Kier molecular flexibility index (Phi) is 8.67. The van der Waals surface area contributed by atoms with Crippen LogP contribution in [0.3, 0.4) is 0 Å². The Balaban J connectivity index is 1.20. The van der Waals surface area contributed by atoms with Crippen molar-refractivity contribution in [3.8, 4) is 0 Å². The van der Waals surface area contributed by atoms with Crippen LogP contribution in [0.5, 0.6) is 0 Å². The van der Waals surface area contributed by atoms with Gasteiger partial charge in [0.15, 0.2) is 5.13 Å². The number of fused-ring (bicyclic) bond motifs is 1. The number of nitrogens with zero attached hydrogens (tertiary/aromatic N) is 4. The van der Waals surface area contributed by atoms with Crippen LogP contribution in [0.4, 0.5) is 5.13 Å². The number of amides is 1. The molecule has 220 valence electrons. The molecule has 0 radical (unpaired) electrons. The molecular formula is C32H37N5O3S2. The minimum absolute atomic E-state index is 0.111. The van der Waals surface area contributed by atoms with Gasteiger partial charge in [0.25, 0.3) is 0 Å². The smallest absolute Gasteiger partial charge is 0.243 e. The molecule has 1 saturated carbocycles. The summed E-state index contributed by atoms with van der Waals surface area (Å²) in [6.45, 7) is 2.41. The molecule has 0 bridgehead atoms. The van der Waals surface area contributed by atoms with E-state index in [4.69, 9.17) is 4.98 Å². The third-order valence-corrected chi connectivity index (χ3v) is 11.3. The van der Waals surface area contributed by atoms with Crippen LogP contribution < -0.4 is 5.32 Å². The molecule has 1 aliphatic carbocycles. The van der Waals surface area contributed by atoms with Gasteiger partial charge in [-0.2, -0.15) is 4.31 Å². The lowest BCUT2D eigenvalue weighted by Crippen LogP contribution is -2.47. The topological polar surface area (TPSA) is 95.5 Å². The number of carbonyl (C=O) groups excluding carboxylic acids is 1. The summed E-state index contributed by atoms with van der Waals surface area (Å²) in [6.07, 6.45) is 6.09. The van der Waals surface area contributed by atoms with Gasteiger partial charge in [-0.3, -0.25) is 4.79 Å². The molecule has 8 nitrogen and oxygen atoms in total. The first-order valence-corrected chi connectivity index (χ1v) is 17.0. The molecule has 42 heavy (non-hydrogen) atoms. The summed E-state index contributed by atoms with van der Waals surface area (Å²) < 4.78 is 28.1. The van der Waals surface area contributed by atoms with Crippen molar-refractivity contribution in [2.45, 2.75) is 49.3 Å². The monoisotopic (exact) mass is 603 g/mol. The van der Waals surface area contributed by atoms with E-state index in [1.807, 2.05) is 49.5 Å². The number of benzene rings is 2. The number of nitrogens with one attached hydrogen (secondary N) is 1. The third kappa shape index (κ3) is 6.57. The first-order valence-electron chi connectivity index (χ1n) is 14.7. The maximum absolute atomic E-state index is 13.7. The molecule has 1 aliphatic heterocycles. The molecule has 6 rings (SSSR count). The SMILES string of the molecule is CN1CCN(S(=O)(=O)c2ccc([C@@H](CC3CCCC3)C(=O)Nc3nc4ccc(Cc5ccccc5)nc4s3)cc2)CC1. The van der Waals surface area contributed by atoms with Gasteiger partial charge in [0, 0.05) is 38.3 Å². The van der Waals surface area contributed by atoms with Gasteiger partial charge in [0.2, 0.25) is 15.9 Å². The Labute approximate surface area is 251 Å². The van der Waals surface area contributed by atoms with Crippen molar-refractivity contribution in [2.75, 3.05) is 38.5 Å². The van der Waals surface area contributed by atoms with E-state index in [0.29, 0.717) is 24.1 Å². The van der Waals surface area contributed by atoms with Crippen LogP contribution >= 0.6 is 11.3 Å². The quantitative estimate of drug-likeness (QED) is 0.271. The van der Waals surface area contributed by atoms with E-state index >= 15 is 0 Å². The number of aromatic nitrogens is 2. The number of hydrogen-bond donors (Lipinski definition) is 1. The van der Waals surface area contributed by atoms with Gasteiger partial charge in [-0.05, 0) is 54.8 Å². The van der Waals surface area contributed by atoms with Crippen molar-refractivity contribution in [1.82, 2.24) is 19.2 Å². The Morgan fingerprint density at radius 1 is 0.952 bits per heavy atom. The number of piperazine rings is 1. The zero-order valence-electron chi connectivity index (χ0n) is 23.9.